The van der Waals surface area contributed by atoms with Crippen LogP contribution in [-0.2, 0) is 51.9 Å². The molecule has 9 N–H and O–H groups in total. The molecule has 9 aliphatic rings. The number of ether oxygens (including phenoxy) is 4. The number of carbonyl (C=O) groups excluding carboxylic acids is 12. The molecule has 0 aliphatic carbocycles. The summed E-state index contributed by atoms with van der Waals surface area (Å²) < 4.78 is 36.2. The summed E-state index contributed by atoms with van der Waals surface area (Å²) in [6, 6.07) is 37.2. The number of rotatable bonds is 15. The fourth-order valence-electron chi connectivity index (χ4n) is 15.7. The monoisotopic (exact) mass is 1790 g/mol. The molecular weight excluding hydrogens is 1720 g/mol. The molecule has 0 bridgehead atoms. The summed E-state index contributed by atoms with van der Waals surface area (Å²) in [7, 11) is 7.91. The fraction of sp³-hybridized carbons (Fsp3) is 0.250. The standard InChI is InChI=1S/C25H25N5O4.C23H19N5O4S.C23H18N4O4S.C21H15ClFN3O4/c1-34-20-7-5-18-14-30(22(31)21(18)12-20)16-25(23(32)27-24(33)28-25)9-8-17-4-6-19(26-13-17)15-29-10-2-3-11-29;1-24-22-25-17-9-13(3-6-18(17)33-22)7-8-23(20(30)26-21(31)27-23)12-28-11-14-4-5-15(32-2)10-16(14)19(28)29;1-13-24-18-6-3-14(9-19(18)32-13)7-8-23(21(29)25-22(30)26-23)12-27-11-15-4-5-16(31-2)10-17(15)20(27)28;1-30-14-4-3-13-10-26(18(27)15(13)9-14)11-21(19(28)24-20(29)25-21)7-6-12-2-5-17(23)16(22)8-12/h4-7,12-13H,2-3,10-11,14-16H2,1H3,(H2,27,28,32,33);3-6,9-10H,11-12H2,1-2H3,(H,24,25)(H2,26,27,30,31);3-6,9-10H,11-12H2,1-2H3,(H2,25,26,29,30);2-5,8-9H,10-11H2,1H3,(H2,24,25,28,29)/t25-;2*23-;21-/m1111/s1. The molecule has 5 fully saturated rings. The molecule has 129 heavy (non-hydrogen) atoms. The zero-order valence-electron chi connectivity index (χ0n) is 69.7. The minimum atomic E-state index is -1.65. The van der Waals surface area contributed by atoms with E-state index in [1.165, 1.54) is 84.3 Å². The second kappa shape index (κ2) is 35.9. The largest absolute Gasteiger partial charge is 0.497 e. The van der Waals surface area contributed by atoms with Crippen LogP contribution >= 0.6 is 34.3 Å². The second-order valence-electron chi connectivity index (χ2n) is 31.0. The summed E-state index contributed by atoms with van der Waals surface area (Å²) in [6.45, 7) is 5.72. The van der Waals surface area contributed by atoms with Crippen LogP contribution in [0.5, 0.6) is 23.0 Å². The number of methoxy groups -OCH3 is 4. The summed E-state index contributed by atoms with van der Waals surface area (Å²) >= 11 is 8.85. The second-order valence-corrected chi connectivity index (χ2v) is 33.7. The first-order chi connectivity index (χ1) is 62.0. The third kappa shape index (κ3) is 18.2. The highest BCUT2D eigenvalue weighted by Gasteiger charge is 2.53. The van der Waals surface area contributed by atoms with Gasteiger partial charge in [0.25, 0.3) is 47.3 Å². The number of amides is 16. The first-order valence-corrected chi connectivity index (χ1v) is 42.2. The summed E-state index contributed by atoms with van der Waals surface area (Å²) in [6.07, 6.45) is 4.11. The molecular formula is C92H77ClFN17O16S2. The maximum atomic E-state index is 13.4. The Morgan fingerprint density at radius 2 is 0.806 bits per heavy atom. The summed E-state index contributed by atoms with van der Waals surface area (Å²) in [5.74, 6) is 21.4. The van der Waals surface area contributed by atoms with Crippen LogP contribution in [0.4, 0.5) is 28.7 Å². The molecule has 0 radical (unpaired) electrons. The van der Waals surface area contributed by atoms with Gasteiger partial charge in [-0.25, -0.2) is 33.5 Å². The van der Waals surface area contributed by atoms with Crippen LogP contribution in [0.2, 0.25) is 5.02 Å². The van der Waals surface area contributed by atoms with Crippen LogP contribution in [0.15, 0.2) is 146 Å². The highest BCUT2D eigenvalue weighted by Crippen LogP contribution is 2.36. The van der Waals surface area contributed by atoms with E-state index in [-0.39, 0.29) is 61.4 Å². The number of fused-ring (bicyclic) bond motifs is 6. The molecule has 16 amide bonds. The van der Waals surface area contributed by atoms with Gasteiger partial charge < -0.3 is 65.1 Å². The highest BCUT2D eigenvalue weighted by atomic mass is 35.5. The van der Waals surface area contributed by atoms with Crippen molar-refractivity contribution >= 4 is 131 Å². The van der Waals surface area contributed by atoms with Gasteiger partial charge in [-0.15, -0.1) is 11.3 Å². The number of hydrogen-bond donors (Lipinski definition) is 9. The van der Waals surface area contributed by atoms with Gasteiger partial charge in [0.15, 0.2) is 5.13 Å². The van der Waals surface area contributed by atoms with Gasteiger partial charge in [-0.3, -0.25) is 69.5 Å². The molecule has 12 heterocycles. The Hall–Kier alpha value is -15.5. The van der Waals surface area contributed by atoms with Crippen molar-refractivity contribution in [2.75, 3.05) is 80.1 Å². The molecule has 3 aromatic heterocycles. The molecule has 652 valence electrons. The van der Waals surface area contributed by atoms with Crippen molar-refractivity contribution < 1.29 is 80.9 Å². The number of carbonyl (C=O) groups is 12. The van der Waals surface area contributed by atoms with Crippen LogP contribution in [0.25, 0.3) is 20.4 Å². The Labute approximate surface area is 748 Å². The molecule has 0 saturated carbocycles. The topological polar surface area (TPSA) is 405 Å². The van der Waals surface area contributed by atoms with E-state index < -0.39 is 75.7 Å². The van der Waals surface area contributed by atoms with Gasteiger partial charge in [-0.1, -0.05) is 94.6 Å². The first kappa shape index (κ1) is 87.0. The normalized spacial score (nSPS) is 20.0. The van der Waals surface area contributed by atoms with Crippen LogP contribution in [0.1, 0.15) is 109 Å². The zero-order chi connectivity index (χ0) is 90.8. The number of nitrogens with zero attached hydrogens (tertiary/aromatic N) is 8. The maximum Gasteiger partial charge on any atom is 0.323 e. The number of hydrogen-bond acceptors (Lipinski definition) is 23. The van der Waals surface area contributed by atoms with Crippen molar-refractivity contribution in [3.63, 3.8) is 0 Å². The van der Waals surface area contributed by atoms with E-state index in [2.05, 4.69) is 115 Å². The van der Waals surface area contributed by atoms with E-state index in [1.807, 2.05) is 73.7 Å². The number of urea groups is 4. The Morgan fingerprint density at radius 1 is 0.434 bits per heavy atom. The SMILES string of the molecule is CNc1nc2cc(C#C[C@]3(CN4Cc5ccc(OC)cc5C4=O)NC(=O)NC3=O)ccc2s1.COc1ccc2c(c1)C(=O)N(C[C@@]1(C#Cc3ccc(CN4CCCC4)nc3)NC(=O)NC1=O)C2.COc1ccc2c(c1)C(=O)N(C[C@@]1(C#Cc3ccc(F)c(Cl)c3)NC(=O)NC1=O)C2.COc1ccc2c(c1)C(=O)N(C[C@@]1(C#Cc3ccc4nc(C)sc4c3)NC(=O)NC1=O)C2. The summed E-state index contributed by atoms with van der Waals surface area (Å²) in [5.41, 5.74) is 3.90. The van der Waals surface area contributed by atoms with Crippen molar-refractivity contribution in [1.82, 2.24) is 82.0 Å². The quantitative estimate of drug-likeness (QED) is 0.0355. The van der Waals surface area contributed by atoms with Crippen molar-refractivity contribution in [3.05, 3.63) is 234 Å². The number of anilines is 1. The van der Waals surface area contributed by atoms with Gasteiger partial charge in [0.05, 0.1) is 90.8 Å². The Balaban J connectivity index is 0.000000126. The van der Waals surface area contributed by atoms with Crippen molar-refractivity contribution in [3.8, 4) is 70.4 Å². The zero-order valence-corrected chi connectivity index (χ0v) is 72.1. The van der Waals surface area contributed by atoms with Gasteiger partial charge in [0, 0.05) is 90.5 Å². The minimum absolute atomic E-state index is 0.0741. The van der Waals surface area contributed by atoms with E-state index in [0.29, 0.717) is 87.1 Å². The lowest BCUT2D eigenvalue weighted by molar-refractivity contribution is -0.123. The molecule has 19 rings (SSSR count). The van der Waals surface area contributed by atoms with Crippen LogP contribution < -0.4 is 66.8 Å². The number of aromatic nitrogens is 3. The van der Waals surface area contributed by atoms with Crippen molar-refractivity contribution in [2.24, 2.45) is 0 Å². The van der Waals surface area contributed by atoms with E-state index in [9.17, 15) is 61.9 Å². The third-order valence-electron chi connectivity index (χ3n) is 22.4. The van der Waals surface area contributed by atoms with Crippen molar-refractivity contribution in [2.45, 2.75) is 74.6 Å². The van der Waals surface area contributed by atoms with E-state index in [4.69, 9.17) is 30.5 Å². The maximum absolute atomic E-state index is 13.4. The first-order valence-electron chi connectivity index (χ1n) is 40.1. The summed E-state index contributed by atoms with van der Waals surface area (Å²) in [5, 5.41) is 23.9. The van der Waals surface area contributed by atoms with Crippen LogP contribution in [0.3, 0.4) is 0 Å². The molecule has 5 saturated heterocycles. The number of imide groups is 4. The predicted molar refractivity (Wildman–Crippen MR) is 470 cm³/mol. The predicted octanol–water partition coefficient (Wildman–Crippen LogP) is 7.48. The van der Waals surface area contributed by atoms with Gasteiger partial charge in [-0.05, 0) is 170 Å². The van der Waals surface area contributed by atoms with Crippen LogP contribution in [0, 0.1) is 60.1 Å². The number of benzene rings is 7. The summed E-state index contributed by atoms with van der Waals surface area (Å²) in [4.78, 5) is 172. The third-order valence-corrected chi connectivity index (χ3v) is 24.6. The average molecular weight is 1800 g/mol. The highest BCUT2D eigenvalue weighted by molar-refractivity contribution is 7.22. The number of thiazole rings is 2. The van der Waals surface area contributed by atoms with E-state index in [0.717, 1.165) is 84.2 Å². The Bertz CT molecular complexity index is 6710. The lowest BCUT2D eigenvalue weighted by atomic mass is 9.99. The fourth-order valence-corrected chi connectivity index (χ4v) is 17.6. The number of halogens is 2. The lowest BCUT2D eigenvalue weighted by Crippen LogP contribution is -2.54. The van der Waals surface area contributed by atoms with Crippen molar-refractivity contribution in [1.29, 1.82) is 0 Å². The molecule has 7 aromatic carbocycles. The average Bonchev–Trinajstić information content (AvgIpc) is 1.63. The Kier molecular flexibility index (Phi) is 24.2. The molecule has 33 nitrogen and oxygen atoms in total. The molecule has 0 unspecified atom stereocenters. The van der Waals surface area contributed by atoms with Gasteiger partial charge in [0.2, 0.25) is 22.2 Å². The van der Waals surface area contributed by atoms with Gasteiger partial charge in [0.1, 0.15) is 28.8 Å². The van der Waals surface area contributed by atoms with Crippen LogP contribution in [-0.4, -0.2) is 208 Å². The lowest BCUT2D eigenvalue weighted by Gasteiger charge is -2.26. The Morgan fingerprint density at radius 3 is 1.17 bits per heavy atom. The number of nitrogens with one attached hydrogen (secondary N) is 9. The molecule has 37 heteroatoms. The van der Waals surface area contributed by atoms with E-state index in [1.54, 1.807) is 79.2 Å². The van der Waals surface area contributed by atoms with Gasteiger partial charge in [-0.2, -0.15) is 0 Å². The minimum Gasteiger partial charge on any atom is -0.497 e. The van der Waals surface area contributed by atoms with Gasteiger partial charge >= 0.3 is 24.1 Å². The molecule has 9 aliphatic heterocycles. The molecule has 0 spiro atoms. The number of aryl methyl sites for hydroxylation is 1. The number of pyridine rings is 1. The van der Waals surface area contributed by atoms with E-state index >= 15 is 0 Å². The number of likely N-dealkylation sites (tertiary alicyclic amines) is 1. The smallest absolute Gasteiger partial charge is 0.323 e. The molecule has 4 atom stereocenters. The molecule has 10 aromatic rings.